The molecule has 0 aliphatic carbocycles. The molecular formula is C27H25N9. The zero-order valence-electron chi connectivity index (χ0n) is 20.2. The van der Waals surface area contributed by atoms with E-state index in [0.717, 1.165) is 61.7 Å². The van der Waals surface area contributed by atoms with Crippen LogP contribution in [0.4, 0.5) is 5.69 Å². The van der Waals surface area contributed by atoms with Crippen LogP contribution < -0.4 is 5.32 Å². The van der Waals surface area contributed by atoms with Crippen molar-refractivity contribution < 1.29 is 0 Å². The predicted octanol–water partition coefficient (Wildman–Crippen LogP) is 5.64. The number of fused-ring (bicyclic) bond motifs is 2. The van der Waals surface area contributed by atoms with Crippen LogP contribution in [0.2, 0.25) is 0 Å². The molecule has 0 saturated heterocycles. The van der Waals surface area contributed by atoms with Gasteiger partial charge in [-0.3, -0.25) is 14.6 Å². The van der Waals surface area contributed by atoms with Crippen molar-refractivity contribution in [2.24, 2.45) is 5.92 Å². The van der Waals surface area contributed by atoms with E-state index in [-0.39, 0.29) is 0 Å². The molecule has 0 aliphatic heterocycles. The predicted molar refractivity (Wildman–Crippen MR) is 142 cm³/mol. The molecule has 0 aliphatic rings. The van der Waals surface area contributed by atoms with Crippen LogP contribution in [-0.4, -0.2) is 39.7 Å². The third-order valence-electron chi connectivity index (χ3n) is 6.24. The number of allylic oxidation sites excluding steroid dienone is 1. The summed E-state index contributed by atoms with van der Waals surface area (Å²) in [6.07, 6.45) is 11.0. The van der Waals surface area contributed by atoms with Gasteiger partial charge in [0, 0.05) is 52.4 Å². The van der Waals surface area contributed by atoms with E-state index in [1.54, 1.807) is 18.7 Å². The van der Waals surface area contributed by atoms with Crippen LogP contribution in [0, 0.1) is 12.8 Å². The average Bonchev–Trinajstić information content (AvgIpc) is 3.61. The summed E-state index contributed by atoms with van der Waals surface area (Å²) in [5.74, 6) is 1.14. The number of hydrogen-bond acceptors (Lipinski definition) is 6. The fourth-order valence-electron chi connectivity index (χ4n) is 4.18. The summed E-state index contributed by atoms with van der Waals surface area (Å²) in [4.78, 5) is 21.4. The number of H-pyrrole nitrogens is 2. The molecule has 6 aromatic rings. The first-order chi connectivity index (χ1) is 17.5. The molecule has 0 radical (unpaired) electrons. The van der Waals surface area contributed by atoms with E-state index in [1.165, 1.54) is 0 Å². The SMILES string of the molecule is C=C(Nc1cncc(-c2cnc3n[nH]c(-c4cc5c(-n6cnc(C)c6)nccc5[nH]4)c3c2)c1)C(C)C. The van der Waals surface area contributed by atoms with E-state index in [9.17, 15) is 0 Å². The summed E-state index contributed by atoms with van der Waals surface area (Å²) in [5.41, 5.74) is 8.05. The number of anilines is 1. The molecular weight excluding hydrogens is 450 g/mol. The molecule has 0 fully saturated rings. The van der Waals surface area contributed by atoms with Gasteiger partial charge in [-0.1, -0.05) is 20.4 Å². The van der Waals surface area contributed by atoms with Crippen LogP contribution in [0.5, 0.6) is 0 Å². The van der Waals surface area contributed by atoms with Gasteiger partial charge in [-0.05, 0) is 37.1 Å². The maximum Gasteiger partial charge on any atom is 0.181 e. The van der Waals surface area contributed by atoms with Crippen molar-refractivity contribution in [2.45, 2.75) is 20.8 Å². The lowest BCUT2D eigenvalue weighted by Gasteiger charge is -2.13. The van der Waals surface area contributed by atoms with E-state index in [1.807, 2.05) is 36.1 Å². The van der Waals surface area contributed by atoms with Crippen LogP contribution >= 0.6 is 0 Å². The van der Waals surface area contributed by atoms with Crippen molar-refractivity contribution in [3.8, 4) is 28.3 Å². The minimum atomic E-state index is 0.324. The average molecular weight is 476 g/mol. The van der Waals surface area contributed by atoms with Gasteiger partial charge in [0.2, 0.25) is 0 Å². The zero-order valence-corrected chi connectivity index (χ0v) is 20.2. The van der Waals surface area contributed by atoms with Crippen LogP contribution in [0.25, 0.3) is 50.3 Å². The van der Waals surface area contributed by atoms with Crippen molar-refractivity contribution in [3.63, 3.8) is 0 Å². The van der Waals surface area contributed by atoms with E-state index < -0.39 is 0 Å². The number of imidazole rings is 1. The molecule has 0 amide bonds. The van der Waals surface area contributed by atoms with E-state index >= 15 is 0 Å². The van der Waals surface area contributed by atoms with Gasteiger partial charge in [0.05, 0.1) is 34.5 Å². The highest BCUT2D eigenvalue weighted by molar-refractivity contribution is 5.97. The van der Waals surface area contributed by atoms with Crippen molar-refractivity contribution in [1.29, 1.82) is 0 Å². The van der Waals surface area contributed by atoms with Gasteiger partial charge in [-0.15, -0.1) is 0 Å². The van der Waals surface area contributed by atoms with Gasteiger partial charge in [-0.25, -0.2) is 15.0 Å². The molecule has 0 unspecified atom stereocenters. The molecule has 6 aromatic heterocycles. The molecule has 0 bridgehead atoms. The summed E-state index contributed by atoms with van der Waals surface area (Å²) < 4.78 is 1.93. The summed E-state index contributed by atoms with van der Waals surface area (Å²) >= 11 is 0. The summed E-state index contributed by atoms with van der Waals surface area (Å²) in [7, 11) is 0. The fourth-order valence-corrected chi connectivity index (χ4v) is 4.18. The Bertz CT molecular complexity index is 1740. The van der Waals surface area contributed by atoms with E-state index in [2.05, 4.69) is 79.1 Å². The van der Waals surface area contributed by atoms with Crippen LogP contribution in [-0.2, 0) is 0 Å². The number of hydrogen-bond donors (Lipinski definition) is 3. The molecule has 9 nitrogen and oxygen atoms in total. The fraction of sp³-hybridized carbons (Fsp3) is 0.148. The first-order valence-electron chi connectivity index (χ1n) is 11.7. The van der Waals surface area contributed by atoms with Crippen molar-refractivity contribution in [1.82, 2.24) is 39.7 Å². The van der Waals surface area contributed by atoms with E-state index in [4.69, 9.17) is 0 Å². The maximum absolute atomic E-state index is 4.60. The monoisotopic (exact) mass is 475 g/mol. The third-order valence-corrected chi connectivity index (χ3v) is 6.24. The smallest absolute Gasteiger partial charge is 0.181 e. The Labute approximate surface area is 207 Å². The Hall–Kier alpha value is -4.79. The third kappa shape index (κ3) is 3.80. The van der Waals surface area contributed by atoms with Crippen LogP contribution in [0.1, 0.15) is 19.5 Å². The number of pyridine rings is 3. The number of rotatable bonds is 6. The molecule has 3 N–H and O–H groups in total. The van der Waals surface area contributed by atoms with Gasteiger partial charge in [0.15, 0.2) is 5.65 Å². The molecule has 6 heterocycles. The molecule has 9 heteroatoms. The van der Waals surface area contributed by atoms with Gasteiger partial charge in [0.1, 0.15) is 12.1 Å². The van der Waals surface area contributed by atoms with Crippen LogP contribution in [0.3, 0.4) is 0 Å². The lowest BCUT2D eigenvalue weighted by molar-refractivity contribution is 0.778. The quantitative estimate of drug-likeness (QED) is 0.287. The van der Waals surface area contributed by atoms with Crippen molar-refractivity contribution in [2.75, 3.05) is 5.32 Å². The van der Waals surface area contributed by atoms with Crippen molar-refractivity contribution >= 4 is 27.6 Å². The van der Waals surface area contributed by atoms with Gasteiger partial charge >= 0.3 is 0 Å². The molecule has 0 saturated carbocycles. The minimum absolute atomic E-state index is 0.324. The summed E-state index contributed by atoms with van der Waals surface area (Å²) in [6.45, 7) is 10.3. The number of aromatic nitrogens is 8. The standard InChI is InChI=1S/C27H25N9/c1-15(2)17(4)32-20-7-18(10-28-12-20)19-8-22-25(34-35-26(22)30-11-19)24-9-21-23(33-24)5-6-29-27(21)36-13-16(3)31-14-36/h5-15,32-33H,4H2,1-3H3,(H,30,34,35). The second kappa shape index (κ2) is 8.46. The molecule has 0 atom stereocenters. The van der Waals surface area contributed by atoms with Crippen molar-refractivity contribution in [3.05, 3.63) is 79.5 Å². The Morgan fingerprint density at radius 3 is 2.69 bits per heavy atom. The van der Waals surface area contributed by atoms with Gasteiger partial charge in [-0.2, -0.15) is 5.10 Å². The lowest BCUT2D eigenvalue weighted by Crippen LogP contribution is -2.04. The lowest BCUT2D eigenvalue weighted by atomic mass is 10.1. The highest BCUT2D eigenvalue weighted by Crippen LogP contribution is 2.32. The normalized spacial score (nSPS) is 11.6. The first kappa shape index (κ1) is 21.7. The second-order valence-corrected chi connectivity index (χ2v) is 9.16. The molecule has 6 rings (SSSR count). The first-order valence-corrected chi connectivity index (χ1v) is 11.7. The van der Waals surface area contributed by atoms with Gasteiger partial charge in [0.25, 0.3) is 0 Å². The maximum atomic E-state index is 4.60. The minimum Gasteiger partial charge on any atom is -0.358 e. The Morgan fingerprint density at radius 1 is 1.03 bits per heavy atom. The van der Waals surface area contributed by atoms with Gasteiger partial charge < -0.3 is 10.3 Å². The number of aryl methyl sites for hydroxylation is 1. The topological polar surface area (TPSA) is 113 Å². The highest BCUT2D eigenvalue weighted by atomic mass is 15.2. The molecule has 0 spiro atoms. The number of nitrogens with zero attached hydrogens (tertiary/aromatic N) is 6. The second-order valence-electron chi connectivity index (χ2n) is 9.16. The Kier molecular flexibility index (Phi) is 5.10. The summed E-state index contributed by atoms with van der Waals surface area (Å²) in [5, 5.41) is 12.8. The largest absolute Gasteiger partial charge is 0.358 e. The summed E-state index contributed by atoms with van der Waals surface area (Å²) in [6, 6.07) is 8.18. The Morgan fingerprint density at radius 2 is 1.89 bits per heavy atom. The molecule has 0 aromatic carbocycles. The highest BCUT2D eigenvalue weighted by Gasteiger charge is 2.15. The molecule has 36 heavy (non-hydrogen) atoms. The Balaban J connectivity index is 1.41. The number of aromatic amines is 2. The number of nitrogens with one attached hydrogen (secondary N) is 3. The molecule has 178 valence electrons. The van der Waals surface area contributed by atoms with Crippen LogP contribution in [0.15, 0.2) is 73.9 Å². The zero-order chi connectivity index (χ0) is 24.8. The van der Waals surface area contributed by atoms with E-state index in [0.29, 0.717) is 11.6 Å².